The Bertz CT molecular complexity index is 1000. The molecule has 1 aliphatic heterocycles. The number of anilines is 2. The highest BCUT2D eigenvalue weighted by Crippen LogP contribution is 2.23. The Morgan fingerprint density at radius 3 is 2.79 bits per heavy atom. The molecule has 0 radical (unpaired) electrons. The van der Waals surface area contributed by atoms with E-state index in [0.29, 0.717) is 23.4 Å². The summed E-state index contributed by atoms with van der Waals surface area (Å²) < 4.78 is 2.37. The number of hydrogen-bond donors (Lipinski definition) is 2. The molecule has 1 amide bonds. The first-order chi connectivity index (χ1) is 14.1. The van der Waals surface area contributed by atoms with Crippen molar-refractivity contribution in [3.63, 3.8) is 0 Å². The van der Waals surface area contributed by atoms with Crippen molar-refractivity contribution >= 4 is 41.0 Å². The van der Waals surface area contributed by atoms with Crippen LogP contribution < -0.4 is 10.2 Å². The summed E-state index contributed by atoms with van der Waals surface area (Å²) >= 11 is 6.90. The first-order valence-electron chi connectivity index (χ1n) is 9.48. The van der Waals surface area contributed by atoms with Crippen molar-refractivity contribution in [2.75, 3.05) is 43.4 Å². The molecule has 0 atom stereocenters. The number of aromatic amines is 1. The quantitative estimate of drug-likeness (QED) is 0.587. The number of pyridine rings is 1. The minimum absolute atomic E-state index is 0.0839. The lowest BCUT2D eigenvalue weighted by atomic mass is 10.3. The Kier molecular flexibility index (Phi) is 6.02. The van der Waals surface area contributed by atoms with Gasteiger partial charge in [-0.25, -0.2) is 4.98 Å². The first kappa shape index (κ1) is 19.7. The van der Waals surface area contributed by atoms with E-state index in [1.807, 2.05) is 34.2 Å². The van der Waals surface area contributed by atoms with Crippen LogP contribution in [-0.4, -0.2) is 63.8 Å². The molecule has 1 fully saturated rings. The van der Waals surface area contributed by atoms with Gasteiger partial charge in [0.25, 0.3) is 0 Å². The summed E-state index contributed by atoms with van der Waals surface area (Å²) in [7, 11) is 2.13. The van der Waals surface area contributed by atoms with Crippen molar-refractivity contribution in [1.29, 1.82) is 0 Å². The minimum Gasteiger partial charge on any atom is -0.354 e. The predicted molar refractivity (Wildman–Crippen MR) is 118 cm³/mol. The lowest BCUT2D eigenvalue weighted by molar-refractivity contribution is -0.116. The van der Waals surface area contributed by atoms with Crippen LogP contribution in [0.3, 0.4) is 0 Å². The second kappa shape index (κ2) is 8.85. The van der Waals surface area contributed by atoms with Crippen molar-refractivity contribution in [3.05, 3.63) is 40.6 Å². The van der Waals surface area contributed by atoms with E-state index in [0.717, 1.165) is 42.7 Å². The summed E-state index contributed by atoms with van der Waals surface area (Å²) in [6, 6.07) is 7.81. The van der Waals surface area contributed by atoms with E-state index < -0.39 is 0 Å². The Labute approximate surface area is 178 Å². The number of carbonyl (C=O) groups excluding carboxylic acids is 1. The molecule has 2 N–H and O–H groups in total. The summed E-state index contributed by atoms with van der Waals surface area (Å²) in [4.78, 5) is 22.5. The van der Waals surface area contributed by atoms with Crippen molar-refractivity contribution in [1.82, 2.24) is 24.6 Å². The molecular weight excluding hydrogens is 406 g/mol. The van der Waals surface area contributed by atoms with Crippen molar-refractivity contribution in [2.24, 2.45) is 0 Å². The fourth-order valence-corrected chi connectivity index (χ4v) is 4.18. The molecule has 0 spiro atoms. The molecule has 4 heterocycles. The number of amides is 1. The van der Waals surface area contributed by atoms with Gasteiger partial charge in [0.05, 0.1) is 16.8 Å². The third kappa shape index (κ3) is 4.72. The van der Waals surface area contributed by atoms with E-state index in [4.69, 9.17) is 12.2 Å². The number of hydrogen-bond acceptors (Lipinski definition) is 7. The topological polar surface area (TPSA) is 82.1 Å². The molecule has 1 aliphatic rings. The van der Waals surface area contributed by atoms with Gasteiger partial charge in [0, 0.05) is 39.1 Å². The molecule has 0 unspecified atom stereocenters. The van der Waals surface area contributed by atoms with Crippen LogP contribution >= 0.6 is 23.6 Å². The van der Waals surface area contributed by atoms with Gasteiger partial charge < -0.3 is 15.1 Å². The fraction of sp³-hybridized carbons (Fsp3) is 0.368. The van der Waals surface area contributed by atoms with Crippen LogP contribution in [0.25, 0.3) is 10.7 Å². The number of nitrogens with zero attached hydrogens (tertiary/aromatic N) is 5. The highest BCUT2D eigenvalue weighted by molar-refractivity contribution is 7.71. The SMILES string of the molecule is CN1CCN(c2ccc(NC(=O)CCn3c(-c4cccs4)n[nH]c3=S)cn2)CC1. The van der Waals surface area contributed by atoms with Gasteiger partial charge in [-0.2, -0.15) is 5.10 Å². The van der Waals surface area contributed by atoms with Crippen LogP contribution in [0.15, 0.2) is 35.8 Å². The van der Waals surface area contributed by atoms with Crippen LogP contribution in [0.4, 0.5) is 11.5 Å². The molecule has 0 bridgehead atoms. The van der Waals surface area contributed by atoms with Crippen LogP contribution in [0.2, 0.25) is 0 Å². The number of thiophene rings is 1. The average molecular weight is 430 g/mol. The third-order valence-corrected chi connectivity index (χ3v) is 6.10. The van der Waals surface area contributed by atoms with Gasteiger partial charge in [-0.15, -0.1) is 11.3 Å². The molecule has 0 aliphatic carbocycles. The van der Waals surface area contributed by atoms with Crippen LogP contribution in [0.1, 0.15) is 6.42 Å². The summed E-state index contributed by atoms with van der Waals surface area (Å²) in [6.45, 7) is 4.45. The highest BCUT2D eigenvalue weighted by Gasteiger charge is 2.15. The molecule has 3 aromatic rings. The molecule has 0 saturated carbocycles. The maximum Gasteiger partial charge on any atom is 0.226 e. The second-order valence-electron chi connectivity index (χ2n) is 6.97. The number of piperazine rings is 1. The largest absolute Gasteiger partial charge is 0.354 e. The van der Waals surface area contributed by atoms with Crippen LogP contribution in [0, 0.1) is 4.77 Å². The lowest BCUT2D eigenvalue weighted by Crippen LogP contribution is -2.44. The molecular formula is C19H23N7OS2. The number of carbonyl (C=O) groups is 1. The summed E-state index contributed by atoms with van der Waals surface area (Å²) in [5.41, 5.74) is 0.696. The maximum atomic E-state index is 12.4. The van der Waals surface area contributed by atoms with Crippen molar-refractivity contribution < 1.29 is 4.79 Å². The Balaban J connectivity index is 1.34. The maximum absolute atomic E-state index is 12.4. The highest BCUT2D eigenvalue weighted by atomic mass is 32.1. The summed E-state index contributed by atoms with van der Waals surface area (Å²) in [5, 5.41) is 12.0. The van der Waals surface area contributed by atoms with Gasteiger partial charge in [0.15, 0.2) is 10.6 Å². The van der Waals surface area contributed by atoms with Gasteiger partial charge in [-0.1, -0.05) is 6.07 Å². The average Bonchev–Trinajstić information content (AvgIpc) is 3.37. The Morgan fingerprint density at radius 2 is 2.10 bits per heavy atom. The van der Waals surface area contributed by atoms with Gasteiger partial charge in [0.1, 0.15) is 5.82 Å². The van der Waals surface area contributed by atoms with E-state index in [1.54, 1.807) is 17.5 Å². The minimum atomic E-state index is -0.0839. The molecule has 0 aromatic carbocycles. The van der Waals surface area contributed by atoms with Crippen molar-refractivity contribution in [2.45, 2.75) is 13.0 Å². The Hall–Kier alpha value is -2.56. The molecule has 3 aromatic heterocycles. The normalized spacial score (nSPS) is 14.9. The second-order valence-corrected chi connectivity index (χ2v) is 8.31. The number of nitrogens with one attached hydrogen (secondary N) is 2. The molecule has 4 rings (SSSR count). The molecule has 152 valence electrons. The first-order valence-corrected chi connectivity index (χ1v) is 10.8. The van der Waals surface area contributed by atoms with E-state index in [1.165, 1.54) is 0 Å². The zero-order chi connectivity index (χ0) is 20.2. The zero-order valence-electron chi connectivity index (χ0n) is 16.2. The van der Waals surface area contributed by atoms with Gasteiger partial charge in [-0.05, 0) is 42.8 Å². The third-order valence-electron chi connectivity index (χ3n) is 4.92. The number of aromatic nitrogens is 4. The van der Waals surface area contributed by atoms with Crippen molar-refractivity contribution in [3.8, 4) is 10.7 Å². The van der Waals surface area contributed by atoms with Gasteiger partial charge in [-0.3, -0.25) is 14.5 Å². The van der Waals surface area contributed by atoms with Crippen LogP contribution in [-0.2, 0) is 11.3 Å². The Morgan fingerprint density at radius 1 is 1.28 bits per heavy atom. The van der Waals surface area contributed by atoms with E-state index in [-0.39, 0.29) is 5.91 Å². The monoisotopic (exact) mass is 429 g/mol. The number of likely N-dealkylation sites (N-methyl/N-ethyl adjacent to an activating group) is 1. The van der Waals surface area contributed by atoms with E-state index in [9.17, 15) is 4.79 Å². The fourth-order valence-electron chi connectivity index (χ4n) is 3.24. The lowest BCUT2D eigenvalue weighted by Gasteiger charge is -2.33. The molecule has 29 heavy (non-hydrogen) atoms. The number of H-pyrrole nitrogens is 1. The standard InChI is InChI=1S/C19H23N7OS2/c1-24-8-10-25(11-9-24)16-5-4-14(13-20-16)21-17(27)6-7-26-18(22-23-19(26)28)15-3-2-12-29-15/h2-5,12-13H,6-11H2,1H3,(H,21,27)(H,23,28). The molecule has 8 nitrogen and oxygen atoms in total. The van der Waals surface area contributed by atoms with E-state index >= 15 is 0 Å². The van der Waals surface area contributed by atoms with Gasteiger partial charge >= 0.3 is 0 Å². The predicted octanol–water partition coefficient (Wildman–Crippen LogP) is 2.84. The van der Waals surface area contributed by atoms with E-state index in [2.05, 4.69) is 37.3 Å². The summed E-state index contributed by atoms with van der Waals surface area (Å²) in [5.74, 6) is 1.62. The summed E-state index contributed by atoms with van der Waals surface area (Å²) in [6.07, 6.45) is 2.01. The number of rotatable bonds is 6. The smallest absolute Gasteiger partial charge is 0.226 e. The zero-order valence-corrected chi connectivity index (χ0v) is 17.8. The molecule has 10 heteroatoms. The molecule has 1 saturated heterocycles. The van der Waals surface area contributed by atoms with Gasteiger partial charge in [0.2, 0.25) is 5.91 Å². The van der Waals surface area contributed by atoms with Crippen LogP contribution in [0.5, 0.6) is 0 Å².